The third-order valence-corrected chi connectivity index (χ3v) is 2.19. The van der Waals surface area contributed by atoms with Crippen LogP contribution in [0.15, 0.2) is 0 Å². The molecule has 7 nitrogen and oxygen atoms in total. The minimum absolute atomic E-state index is 0. The van der Waals surface area contributed by atoms with Crippen molar-refractivity contribution in [2.45, 2.75) is 18.9 Å². The number of carbonyl (C=O) groups is 2. The third-order valence-electron chi connectivity index (χ3n) is 2.19. The van der Waals surface area contributed by atoms with E-state index in [0.717, 1.165) is 0 Å². The molecular weight excluding hydrogens is 320 g/mol. The topological polar surface area (TPSA) is 130 Å². The van der Waals surface area contributed by atoms with Gasteiger partial charge in [0.15, 0.2) is 0 Å². The summed E-state index contributed by atoms with van der Waals surface area (Å²) in [6.07, 6.45) is -0.118. The molecule has 0 spiro atoms. The zero-order valence-electron chi connectivity index (χ0n) is 10.4. The van der Waals surface area contributed by atoms with E-state index >= 15 is 0 Å². The Labute approximate surface area is 130 Å². The minimum atomic E-state index is -1.04. The lowest BCUT2D eigenvalue weighted by Crippen LogP contribution is -2.46. The molecule has 6 N–H and O–H groups in total. The van der Waals surface area contributed by atoms with E-state index in [4.69, 9.17) is 21.7 Å². The number of halogens is 3. The molecule has 19 heavy (non-hydrogen) atoms. The maximum atomic E-state index is 11.0. The molecule has 0 amide bonds. The number of nitrogens with two attached hydrogens (primary N) is 2. The van der Waals surface area contributed by atoms with E-state index in [1.807, 2.05) is 0 Å². The van der Waals surface area contributed by atoms with Crippen LogP contribution in [-0.2, 0) is 9.59 Å². The average Bonchev–Trinajstić information content (AvgIpc) is 2.17. The molecule has 0 saturated carbocycles. The van der Waals surface area contributed by atoms with Crippen LogP contribution < -0.4 is 11.5 Å². The zero-order valence-corrected chi connectivity index (χ0v) is 12.8. The van der Waals surface area contributed by atoms with Gasteiger partial charge in [-0.15, -0.1) is 37.2 Å². The molecule has 0 saturated heterocycles. The lowest BCUT2D eigenvalue weighted by Gasteiger charge is -2.27. The molecule has 0 radical (unpaired) electrons. The second kappa shape index (κ2) is 15.7. The van der Waals surface area contributed by atoms with Crippen molar-refractivity contribution in [1.29, 1.82) is 0 Å². The fourth-order valence-corrected chi connectivity index (χ4v) is 1.48. The van der Waals surface area contributed by atoms with Crippen molar-refractivity contribution in [3.63, 3.8) is 0 Å². The van der Waals surface area contributed by atoms with Gasteiger partial charge in [-0.1, -0.05) is 0 Å². The molecule has 10 heteroatoms. The summed E-state index contributed by atoms with van der Waals surface area (Å²) < 4.78 is 0. The summed E-state index contributed by atoms with van der Waals surface area (Å²) in [7, 11) is 0. The van der Waals surface area contributed by atoms with E-state index in [-0.39, 0.29) is 50.1 Å². The summed E-state index contributed by atoms with van der Waals surface area (Å²) in [5.41, 5.74) is 10.7. The number of hydrogen-bond acceptors (Lipinski definition) is 5. The van der Waals surface area contributed by atoms with E-state index in [9.17, 15) is 9.59 Å². The highest BCUT2D eigenvalue weighted by Gasteiger charge is 2.24. The van der Waals surface area contributed by atoms with E-state index in [1.165, 1.54) is 0 Å². The van der Waals surface area contributed by atoms with Gasteiger partial charge in [0, 0.05) is 32.6 Å². The van der Waals surface area contributed by atoms with E-state index in [2.05, 4.69) is 0 Å². The van der Waals surface area contributed by atoms with E-state index in [0.29, 0.717) is 26.2 Å². The third kappa shape index (κ3) is 12.5. The van der Waals surface area contributed by atoms with Gasteiger partial charge in [-0.05, 0) is 6.42 Å². The van der Waals surface area contributed by atoms with Crippen LogP contribution in [0.1, 0.15) is 12.8 Å². The maximum absolute atomic E-state index is 11.0. The predicted molar refractivity (Wildman–Crippen MR) is 79.7 cm³/mol. The van der Waals surface area contributed by atoms with Crippen LogP contribution in [0.25, 0.3) is 0 Å². The molecule has 0 rings (SSSR count). The van der Waals surface area contributed by atoms with Crippen molar-refractivity contribution in [3.8, 4) is 0 Å². The second-order valence-electron chi connectivity index (χ2n) is 3.40. The van der Waals surface area contributed by atoms with Crippen LogP contribution >= 0.6 is 37.2 Å². The molecule has 0 aliphatic heterocycles. The van der Waals surface area contributed by atoms with Gasteiger partial charge >= 0.3 is 11.9 Å². The summed E-state index contributed by atoms with van der Waals surface area (Å²) in [5, 5.41) is 17.5. The standard InChI is InChI=1S/C9H19N3O4.3ClH/c10-3-5-12(6-4-11)7(9(15)16)1-2-8(13)14;;;/h7H,1-6,10-11H2,(H,13,14)(H,15,16);3*1H. The Bertz CT molecular complexity index is 241. The lowest BCUT2D eigenvalue weighted by atomic mass is 10.1. The minimum Gasteiger partial charge on any atom is -0.481 e. The van der Waals surface area contributed by atoms with Gasteiger partial charge in [0.05, 0.1) is 0 Å². The fourth-order valence-electron chi connectivity index (χ4n) is 1.48. The lowest BCUT2D eigenvalue weighted by molar-refractivity contribution is -0.144. The first-order valence-electron chi connectivity index (χ1n) is 5.11. The number of hydrogen-bond donors (Lipinski definition) is 4. The summed E-state index contributed by atoms with van der Waals surface area (Å²) in [6, 6.07) is -0.830. The van der Waals surface area contributed by atoms with E-state index < -0.39 is 18.0 Å². The predicted octanol–water partition coefficient (Wildman–Crippen LogP) is -0.211. The molecule has 0 heterocycles. The van der Waals surface area contributed by atoms with E-state index in [1.54, 1.807) is 4.90 Å². The highest BCUT2D eigenvalue weighted by molar-refractivity contribution is 5.86. The average molecular weight is 343 g/mol. The number of aliphatic carboxylic acids is 2. The summed E-state index contributed by atoms with van der Waals surface area (Å²) in [6.45, 7) is 1.43. The Morgan fingerprint density at radius 2 is 1.42 bits per heavy atom. The Balaban J connectivity index is -0.000000375. The quantitative estimate of drug-likeness (QED) is 0.456. The molecule has 0 aromatic rings. The number of carboxylic acid groups (broad SMARTS) is 2. The number of rotatable bonds is 9. The second-order valence-corrected chi connectivity index (χ2v) is 3.40. The van der Waals surface area contributed by atoms with Crippen LogP contribution in [0.3, 0.4) is 0 Å². The van der Waals surface area contributed by atoms with Crippen LogP contribution in [0.5, 0.6) is 0 Å². The normalized spacial score (nSPS) is 10.7. The van der Waals surface area contributed by atoms with Crippen molar-refractivity contribution in [1.82, 2.24) is 4.90 Å². The van der Waals surface area contributed by atoms with Crippen molar-refractivity contribution in [2.24, 2.45) is 11.5 Å². The maximum Gasteiger partial charge on any atom is 0.320 e. The van der Waals surface area contributed by atoms with Gasteiger partial charge in [0.1, 0.15) is 6.04 Å². The number of carboxylic acids is 2. The van der Waals surface area contributed by atoms with Gasteiger partial charge < -0.3 is 21.7 Å². The molecule has 0 aromatic heterocycles. The highest BCUT2D eigenvalue weighted by atomic mass is 35.5. The summed E-state index contributed by atoms with van der Waals surface area (Å²) in [5.74, 6) is -2.05. The molecule has 1 atom stereocenters. The SMILES string of the molecule is Cl.Cl.Cl.NCCN(CCN)C(CCC(=O)O)C(=O)O. The monoisotopic (exact) mass is 341 g/mol. The smallest absolute Gasteiger partial charge is 0.320 e. The largest absolute Gasteiger partial charge is 0.481 e. The van der Waals surface area contributed by atoms with Crippen molar-refractivity contribution in [3.05, 3.63) is 0 Å². The van der Waals surface area contributed by atoms with Gasteiger partial charge in [-0.2, -0.15) is 0 Å². The first-order valence-corrected chi connectivity index (χ1v) is 5.11. The van der Waals surface area contributed by atoms with Crippen molar-refractivity contribution < 1.29 is 19.8 Å². The van der Waals surface area contributed by atoms with Crippen molar-refractivity contribution in [2.75, 3.05) is 26.2 Å². The van der Waals surface area contributed by atoms with Crippen LogP contribution in [-0.4, -0.2) is 59.3 Å². The fraction of sp³-hybridized carbons (Fsp3) is 0.778. The Kier molecular flexibility index (Phi) is 22.5. The van der Waals surface area contributed by atoms with Crippen LogP contribution in [0.4, 0.5) is 0 Å². The summed E-state index contributed by atoms with van der Waals surface area (Å²) >= 11 is 0. The Morgan fingerprint density at radius 1 is 1.00 bits per heavy atom. The molecule has 0 aromatic carbocycles. The van der Waals surface area contributed by atoms with Crippen LogP contribution in [0, 0.1) is 0 Å². The van der Waals surface area contributed by atoms with Crippen molar-refractivity contribution >= 4 is 49.2 Å². The molecule has 1 unspecified atom stereocenters. The first kappa shape index (κ1) is 27.1. The molecule has 0 aliphatic carbocycles. The first-order chi connectivity index (χ1) is 7.52. The van der Waals surface area contributed by atoms with Gasteiger partial charge in [0.2, 0.25) is 0 Å². The Hall–Kier alpha value is -0.310. The van der Waals surface area contributed by atoms with Gasteiger partial charge in [-0.3, -0.25) is 14.5 Å². The molecular formula is C9H22Cl3N3O4. The molecule has 0 bridgehead atoms. The summed E-state index contributed by atoms with van der Waals surface area (Å²) in [4.78, 5) is 23.0. The molecule has 0 fully saturated rings. The number of nitrogens with zero attached hydrogens (tertiary/aromatic N) is 1. The van der Waals surface area contributed by atoms with Gasteiger partial charge in [-0.25, -0.2) is 0 Å². The van der Waals surface area contributed by atoms with Crippen LogP contribution in [0.2, 0.25) is 0 Å². The molecule has 0 aliphatic rings. The van der Waals surface area contributed by atoms with Gasteiger partial charge in [0.25, 0.3) is 0 Å². The highest BCUT2D eigenvalue weighted by Crippen LogP contribution is 2.07. The Morgan fingerprint density at radius 3 is 1.68 bits per heavy atom. The molecule has 118 valence electrons. The zero-order chi connectivity index (χ0) is 12.6.